The average molecular weight is 176 g/mol. The number of aliphatic carboxylic acids is 2. The van der Waals surface area contributed by atoms with E-state index >= 15 is 0 Å². The normalized spacial score (nSPS) is 10.5. The Morgan fingerprint density at radius 2 is 1.83 bits per heavy atom. The molecule has 0 bridgehead atoms. The SMILES string of the molecule is C=CC(=O)O.CC(CO)C(=O)O. The van der Waals surface area contributed by atoms with E-state index in [1.165, 1.54) is 6.92 Å². The van der Waals surface area contributed by atoms with Crippen LogP contribution in [0.15, 0.2) is 12.7 Å². The van der Waals surface area contributed by atoms with Crippen LogP contribution < -0.4 is 0 Å². The summed E-state index contributed by atoms with van der Waals surface area (Å²) < 4.78 is 0. The highest BCUT2D eigenvalue weighted by Crippen LogP contribution is 1.88. The number of hydrogen-bond donors (Lipinski definition) is 3. The number of carboxylic acid groups (broad SMARTS) is 2. The molecule has 70 valence electrons. The highest BCUT2D eigenvalue weighted by Gasteiger charge is 2.06. The van der Waals surface area contributed by atoms with Crippen molar-refractivity contribution in [2.45, 2.75) is 6.92 Å². The standard InChI is InChI=1S/C4H8O3.C3H4O2/c1-3(2-5)4(6)7;1-2-3(4)5/h3,5H,2H2,1H3,(H,6,7);2H,1H2,(H,4,5). The molecule has 0 aliphatic rings. The van der Waals surface area contributed by atoms with Crippen molar-refractivity contribution in [3.05, 3.63) is 12.7 Å². The molecule has 0 heterocycles. The van der Waals surface area contributed by atoms with Crippen molar-refractivity contribution in [1.29, 1.82) is 0 Å². The zero-order valence-corrected chi connectivity index (χ0v) is 6.73. The van der Waals surface area contributed by atoms with Crippen LogP contribution in [-0.4, -0.2) is 33.9 Å². The van der Waals surface area contributed by atoms with E-state index in [0.717, 1.165) is 6.08 Å². The first-order valence-electron chi connectivity index (χ1n) is 3.14. The second-order valence-corrected chi connectivity index (χ2v) is 1.96. The maximum absolute atomic E-state index is 9.77. The summed E-state index contributed by atoms with van der Waals surface area (Å²) in [5.74, 6) is -2.56. The summed E-state index contributed by atoms with van der Waals surface area (Å²) in [7, 11) is 0. The van der Waals surface area contributed by atoms with Crippen molar-refractivity contribution in [3.8, 4) is 0 Å². The van der Waals surface area contributed by atoms with Crippen LogP contribution in [0.25, 0.3) is 0 Å². The lowest BCUT2D eigenvalue weighted by Crippen LogP contribution is -2.12. The van der Waals surface area contributed by atoms with Gasteiger partial charge >= 0.3 is 11.9 Å². The van der Waals surface area contributed by atoms with E-state index in [4.69, 9.17) is 15.3 Å². The first-order valence-corrected chi connectivity index (χ1v) is 3.14. The van der Waals surface area contributed by atoms with Gasteiger partial charge in [-0.2, -0.15) is 0 Å². The van der Waals surface area contributed by atoms with E-state index in [9.17, 15) is 9.59 Å². The van der Waals surface area contributed by atoms with Gasteiger partial charge < -0.3 is 15.3 Å². The molecule has 0 spiro atoms. The number of hydrogen-bond acceptors (Lipinski definition) is 3. The van der Waals surface area contributed by atoms with Gasteiger partial charge in [-0.15, -0.1) is 0 Å². The van der Waals surface area contributed by atoms with Crippen molar-refractivity contribution < 1.29 is 24.9 Å². The van der Waals surface area contributed by atoms with E-state index in [2.05, 4.69) is 6.58 Å². The summed E-state index contributed by atoms with van der Waals surface area (Å²) in [5, 5.41) is 23.8. The van der Waals surface area contributed by atoms with Crippen molar-refractivity contribution in [1.82, 2.24) is 0 Å². The lowest BCUT2D eigenvalue weighted by molar-refractivity contribution is -0.142. The van der Waals surface area contributed by atoms with E-state index in [1.54, 1.807) is 0 Å². The molecule has 1 unspecified atom stereocenters. The topological polar surface area (TPSA) is 94.8 Å². The molecule has 0 fully saturated rings. The van der Waals surface area contributed by atoms with Crippen molar-refractivity contribution >= 4 is 11.9 Å². The third-order valence-corrected chi connectivity index (χ3v) is 0.870. The summed E-state index contributed by atoms with van der Waals surface area (Å²) >= 11 is 0. The first-order chi connectivity index (χ1) is 5.45. The zero-order valence-electron chi connectivity index (χ0n) is 6.73. The van der Waals surface area contributed by atoms with Crippen LogP contribution in [0.1, 0.15) is 6.92 Å². The van der Waals surface area contributed by atoms with Gasteiger partial charge in [-0.3, -0.25) is 4.79 Å². The van der Waals surface area contributed by atoms with Crippen LogP contribution in [0.2, 0.25) is 0 Å². The molecular weight excluding hydrogens is 164 g/mol. The molecule has 5 nitrogen and oxygen atoms in total. The maximum atomic E-state index is 9.77. The van der Waals surface area contributed by atoms with Gasteiger partial charge in [-0.05, 0) is 6.92 Å². The van der Waals surface area contributed by atoms with E-state index < -0.39 is 17.9 Å². The predicted molar refractivity (Wildman–Crippen MR) is 41.7 cm³/mol. The lowest BCUT2D eigenvalue weighted by Gasteiger charge is -1.95. The molecule has 1 atom stereocenters. The monoisotopic (exact) mass is 176 g/mol. The Morgan fingerprint density at radius 1 is 1.50 bits per heavy atom. The summed E-state index contributed by atoms with van der Waals surface area (Å²) in [4.78, 5) is 19.0. The summed E-state index contributed by atoms with van der Waals surface area (Å²) in [6.07, 6.45) is 0.833. The minimum atomic E-state index is -0.981. The molecule has 12 heavy (non-hydrogen) atoms. The van der Waals surface area contributed by atoms with Gasteiger partial charge in [-0.25, -0.2) is 4.79 Å². The number of aliphatic hydroxyl groups excluding tert-OH is 1. The fourth-order valence-electron chi connectivity index (χ4n) is 0.0781. The number of carboxylic acids is 2. The van der Waals surface area contributed by atoms with Crippen LogP contribution >= 0.6 is 0 Å². The maximum Gasteiger partial charge on any atom is 0.327 e. The second-order valence-electron chi connectivity index (χ2n) is 1.96. The molecule has 0 aromatic heterocycles. The van der Waals surface area contributed by atoms with Gasteiger partial charge in [0, 0.05) is 6.08 Å². The number of aliphatic hydroxyl groups is 1. The minimum absolute atomic E-state index is 0.282. The van der Waals surface area contributed by atoms with E-state index in [0.29, 0.717) is 0 Å². The second kappa shape index (κ2) is 7.74. The summed E-state index contributed by atoms with van der Waals surface area (Å²) in [6.45, 7) is 4.12. The molecular formula is C7H12O5. The molecule has 0 radical (unpaired) electrons. The fraction of sp³-hybridized carbons (Fsp3) is 0.429. The van der Waals surface area contributed by atoms with Crippen LogP contribution in [0.3, 0.4) is 0 Å². The van der Waals surface area contributed by atoms with Crippen molar-refractivity contribution in [2.75, 3.05) is 6.61 Å². The molecule has 0 aliphatic heterocycles. The highest BCUT2D eigenvalue weighted by molar-refractivity contribution is 5.78. The van der Waals surface area contributed by atoms with Gasteiger partial charge in [0.05, 0.1) is 12.5 Å². The number of carbonyl (C=O) groups is 2. The lowest BCUT2D eigenvalue weighted by atomic mass is 10.2. The predicted octanol–water partition coefficient (Wildman–Crippen LogP) is -0.0436. The average Bonchev–Trinajstić information content (AvgIpc) is 2.04. The van der Waals surface area contributed by atoms with Gasteiger partial charge in [0.1, 0.15) is 0 Å². The van der Waals surface area contributed by atoms with Gasteiger partial charge in [0.25, 0.3) is 0 Å². The molecule has 0 rings (SSSR count). The Bertz CT molecular complexity index is 163. The first kappa shape index (κ1) is 13.2. The van der Waals surface area contributed by atoms with Crippen LogP contribution in [0.5, 0.6) is 0 Å². The van der Waals surface area contributed by atoms with E-state index in [1.807, 2.05) is 0 Å². The van der Waals surface area contributed by atoms with E-state index in [-0.39, 0.29) is 6.61 Å². The molecule has 0 aliphatic carbocycles. The Labute approximate surface area is 70.0 Å². The summed E-state index contributed by atoms with van der Waals surface area (Å²) in [6, 6.07) is 0. The molecule has 3 N–H and O–H groups in total. The van der Waals surface area contributed by atoms with Crippen molar-refractivity contribution in [2.24, 2.45) is 5.92 Å². The molecule has 0 saturated heterocycles. The molecule has 5 heteroatoms. The smallest absolute Gasteiger partial charge is 0.327 e. The Morgan fingerprint density at radius 3 is 1.83 bits per heavy atom. The molecule has 0 aromatic rings. The van der Waals surface area contributed by atoms with Gasteiger partial charge in [0.15, 0.2) is 0 Å². The largest absolute Gasteiger partial charge is 0.481 e. The summed E-state index contributed by atoms with van der Waals surface area (Å²) in [5.41, 5.74) is 0. The Hall–Kier alpha value is -1.36. The quantitative estimate of drug-likeness (QED) is 0.524. The minimum Gasteiger partial charge on any atom is -0.481 e. The van der Waals surface area contributed by atoms with Gasteiger partial charge in [-0.1, -0.05) is 6.58 Å². The molecule has 0 saturated carbocycles. The van der Waals surface area contributed by atoms with Crippen molar-refractivity contribution in [3.63, 3.8) is 0 Å². The zero-order chi connectivity index (χ0) is 10.1. The highest BCUT2D eigenvalue weighted by atomic mass is 16.4. The Kier molecular flexibility index (Phi) is 8.55. The van der Waals surface area contributed by atoms with Crippen LogP contribution in [0, 0.1) is 5.92 Å². The Balaban J connectivity index is 0. The molecule has 0 amide bonds. The van der Waals surface area contributed by atoms with Crippen LogP contribution in [0.4, 0.5) is 0 Å². The van der Waals surface area contributed by atoms with Gasteiger partial charge in [0.2, 0.25) is 0 Å². The molecule has 0 aromatic carbocycles. The van der Waals surface area contributed by atoms with Crippen LogP contribution in [-0.2, 0) is 9.59 Å². The third-order valence-electron chi connectivity index (χ3n) is 0.870. The fourth-order valence-corrected chi connectivity index (χ4v) is 0.0781. The third kappa shape index (κ3) is 11.4. The number of rotatable bonds is 3.